The monoisotopic (exact) mass is 377 g/mol. The third-order valence-corrected chi connectivity index (χ3v) is 5.42. The van der Waals surface area contributed by atoms with Crippen LogP contribution in [0.5, 0.6) is 0 Å². The van der Waals surface area contributed by atoms with Crippen molar-refractivity contribution in [1.29, 1.82) is 0 Å². The van der Waals surface area contributed by atoms with Crippen molar-refractivity contribution in [2.75, 3.05) is 13.1 Å². The van der Waals surface area contributed by atoms with Gasteiger partial charge in [-0.2, -0.15) is 13.2 Å². The van der Waals surface area contributed by atoms with Crippen molar-refractivity contribution in [2.45, 2.75) is 25.9 Å². The van der Waals surface area contributed by atoms with Crippen LogP contribution in [0, 0.1) is 17.8 Å². The summed E-state index contributed by atoms with van der Waals surface area (Å²) in [6.07, 6.45) is 5.30. The van der Waals surface area contributed by atoms with Gasteiger partial charge in [-0.15, -0.1) is 0 Å². The van der Waals surface area contributed by atoms with Crippen molar-refractivity contribution < 1.29 is 18.0 Å². The molecular weight excluding hydrogens is 355 g/mol. The van der Waals surface area contributed by atoms with Gasteiger partial charge in [0, 0.05) is 25.5 Å². The van der Waals surface area contributed by atoms with Crippen LogP contribution in [0.1, 0.15) is 30.3 Å². The second kappa shape index (κ2) is 7.66. The van der Waals surface area contributed by atoms with Crippen molar-refractivity contribution >= 4 is 5.91 Å². The molecule has 1 aromatic heterocycles. The van der Waals surface area contributed by atoms with E-state index < -0.39 is 11.7 Å². The molecule has 0 spiro atoms. The zero-order valence-corrected chi connectivity index (χ0v) is 15.1. The number of alkyl halides is 3. The predicted octanol–water partition coefficient (Wildman–Crippen LogP) is 4.20. The van der Waals surface area contributed by atoms with Gasteiger partial charge in [-0.1, -0.05) is 24.8 Å². The smallest absolute Gasteiger partial charge is 0.337 e. The number of allylic oxidation sites excluding steroid dienone is 5. The Morgan fingerprint density at radius 2 is 1.93 bits per heavy atom. The zero-order chi connectivity index (χ0) is 19.6. The molecule has 2 aliphatic rings. The first-order valence-electron chi connectivity index (χ1n) is 8.96. The Morgan fingerprint density at radius 1 is 1.26 bits per heavy atom. The number of amides is 1. The molecule has 0 bridgehead atoms. The van der Waals surface area contributed by atoms with Crippen LogP contribution in [0.3, 0.4) is 0 Å². The molecule has 1 amide bonds. The second-order valence-corrected chi connectivity index (χ2v) is 7.12. The van der Waals surface area contributed by atoms with Gasteiger partial charge in [-0.05, 0) is 43.1 Å². The molecule has 0 radical (unpaired) electrons. The zero-order valence-electron chi connectivity index (χ0n) is 15.1. The maximum atomic E-state index is 13.4. The maximum Gasteiger partial charge on any atom is 0.416 e. The summed E-state index contributed by atoms with van der Waals surface area (Å²) in [6, 6.07) is 0. The average Bonchev–Trinajstić information content (AvgIpc) is 3.20. The average molecular weight is 377 g/mol. The lowest BCUT2D eigenvalue weighted by Gasteiger charge is -2.22. The number of halogens is 3. The molecule has 0 unspecified atom stereocenters. The van der Waals surface area contributed by atoms with Gasteiger partial charge >= 0.3 is 6.18 Å². The maximum absolute atomic E-state index is 13.4. The molecule has 0 N–H and O–H groups in total. The lowest BCUT2D eigenvalue weighted by Crippen LogP contribution is -2.31. The second-order valence-electron chi connectivity index (χ2n) is 7.12. The highest BCUT2D eigenvalue weighted by molar-refractivity contribution is 5.92. The molecule has 2 heterocycles. The Morgan fingerprint density at radius 3 is 2.44 bits per heavy atom. The Hall–Kier alpha value is -2.44. The number of aromatic nitrogens is 2. The van der Waals surface area contributed by atoms with Crippen molar-refractivity contribution in [3.05, 3.63) is 60.2 Å². The third-order valence-electron chi connectivity index (χ3n) is 5.42. The van der Waals surface area contributed by atoms with Gasteiger partial charge in [0.1, 0.15) is 5.69 Å². The van der Waals surface area contributed by atoms with Crippen LogP contribution in [0.2, 0.25) is 0 Å². The molecule has 1 aromatic rings. The van der Waals surface area contributed by atoms with Crippen LogP contribution in [0.15, 0.2) is 54.5 Å². The summed E-state index contributed by atoms with van der Waals surface area (Å²) in [7, 11) is 0. The number of rotatable bonds is 4. The van der Waals surface area contributed by atoms with Crippen molar-refractivity contribution in [1.82, 2.24) is 14.9 Å². The van der Waals surface area contributed by atoms with Crippen molar-refractivity contribution in [3.8, 4) is 0 Å². The quantitative estimate of drug-likeness (QED) is 0.739. The van der Waals surface area contributed by atoms with E-state index in [1.54, 1.807) is 17.9 Å². The Labute approximate surface area is 156 Å². The van der Waals surface area contributed by atoms with Crippen LogP contribution in [-0.2, 0) is 0 Å². The number of fused-ring (bicyclic) bond motifs is 1. The highest BCUT2D eigenvalue weighted by Gasteiger charge is 2.46. The lowest BCUT2D eigenvalue weighted by atomic mass is 9.90. The number of nitrogens with zero attached hydrogens (tertiary/aromatic N) is 3. The van der Waals surface area contributed by atoms with Crippen LogP contribution < -0.4 is 0 Å². The van der Waals surface area contributed by atoms with Crippen LogP contribution in [0.4, 0.5) is 13.2 Å². The van der Waals surface area contributed by atoms with Crippen molar-refractivity contribution in [3.63, 3.8) is 0 Å². The third kappa shape index (κ3) is 4.12. The van der Waals surface area contributed by atoms with E-state index in [0.29, 0.717) is 31.6 Å². The highest BCUT2D eigenvalue weighted by atomic mass is 19.4. The summed E-state index contributed by atoms with van der Waals surface area (Å²) in [5.41, 5.74) is -0.202. The molecule has 144 valence electrons. The SMILES string of the molecule is C=C(/C(=C\C=C/C)C(F)(F)F)[C@@H]1C[C@@H]2CN(C(=O)c3cnccn3)C[C@@H]2C1. The van der Waals surface area contributed by atoms with Crippen molar-refractivity contribution in [2.24, 2.45) is 17.8 Å². The summed E-state index contributed by atoms with van der Waals surface area (Å²) >= 11 is 0. The largest absolute Gasteiger partial charge is 0.416 e. The summed E-state index contributed by atoms with van der Waals surface area (Å²) < 4.78 is 40.1. The van der Waals surface area contributed by atoms with Gasteiger partial charge in [0.2, 0.25) is 0 Å². The minimum Gasteiger partial charge on any atom is -0.337 e. The molecule has 1 aliphatic heterocycles. The molecule has 1 saturated carbocycles. The summed E-state index contributed by atoms with van der Waals surface area (Å²) in [4.78, 5) is 22.2. The molecule has 4 nitrogen and oxygen atoms in total. The van der Waals surface area contributed by atoms with E-state index in [9.17, 15) is 18.0 Å². The van der Waals surface area contributed by atoms with E-state index >= 15 is 0 Å². The number of carbonyl (C=O) groups excluding carboxylic acids is 1. The number of likely N-dealkylation sites (tertiary alicyclic amines) is 1. The molecule has 27 heavy (non-hydrogen) atoms. The summed E-state index contributed by atoms with van der Waals surface area (Å²) in [5.74, 6) is 0.0240. The normalized spacial score (nSPS) is 25.9. The highest BCUT2D eigenvalue weighted by Crippen LogP contribution is 2.47. The predicted molar refractivity (Wildman–Crippen MR) is 95.7 cm³/mol. The molecule has 3 rings (SSSR count). The standard InChI is InChI=1S/C20H22F3N3O/c1-3-4-5-17(20(21,22)23)13(2)14-8-15-11-26(12-16(15)9-14)19(27)18-10-24-6-7-25-18/h3-7,10,14-16H,2,8-9,11-12H2,1H3/b4-3-,17-5+/t14-,15-,16+. The first-order chi connectivity index (χ1) is 12.8. The topological polar surface area (TPSA) is 46.1 Å². The lowest BCUT2D eigenvalue weighted by molar-refractivity contribution is -0.0900. The molecular formula is C20H22F3N3O. The summed E-state index contributed by atoms with van der Waals surface area (Å²) in [6.45, 7) is 6.53. The van der Waals surface area contributed by atoms with Crippen LogP contribution in [-0.4, -0.2) is 40.0 Å². The fourth-order valence-corrected chi connectivity index (χ4v) is 4.12. The fourth-order valence-electron chi connectivity index (χ4n) is 4.12. The Bertz CT molecular complexity index is 756. The van der Waals surface area contributed by atoms with E-state index in [1.165, 1.54) is 24.7 Å². The van der Waals surface area contributed by atoms with Crippen LogP contribution >= 0.6 is 0 Å². The van der Waals surface area contributed by atoms with E-state index in [2.05, 4.69) is 16.5 Å². The van der Waals surface area contributed by atoms with Gasteiger partial charge in [-0.3, -0.25) is 9.78 Å². The Balaban J connectivity index is 1.66. The molecule has 1 saturated heterocycles. The minimum atomic E-state index is -4.41. The molecule has 2 fully saturated rings. The van der Waals surface area contributed by atoms with E-state index in [-0.39, 0.29) is 29.2 Å². The van der Waals surface area contributed by atoms with Gasteiger partial charge < -0.3 is 4.90 Å². The fraction of sp³-hybridized carbons (Fsp3) is 0.450. The van der Waals surface area contributed by atoms with Gasteiger partial charge in [0.05, 0.1) is 11.8 Å². The molecule has 0 aromatic carbocycles. The minimum absolute atomic E-state index is 0.154. The molecule has 3 atom stereocenters. The van der Waals surface area contributed by atoms with Gasteiger partial charge in [0.15, 0.2) is 0 Å². The Kier molecular flexibility index (Phi) is 5.48. The number of hydrogen-bond acceptors (Lipinski definition) is 3. The van der Waals surface area contributed by atoms with E-state index in [0.717, 1.165) is 6.08 Å². The first kappa shape index (κ1) is 19.3. The molecule has 1 aliphatic carbocycles. The van der Waals surface area contributed by atoms with E-state index in [1.807, 2.05) is 0 Å². The number of carbonyl (C=O) groups is 1. The van der Waals surface area contributed by atoms with E-state index in [4.69, 9.17) is 0 Å². The van der Waals surface area contributed by atoms with Crippen LogP contribution in [0.25, 0.3) is 0 Å². The van der Waals surface area contributed by atoms with Gasteiger partial charge in [0.25, 0.3) is 5.91 Å². The van der Waals surface area contributed by atoms with Gasteiger partial charge in [-0.25, -0.2) is 4.98 Å². The summed E-state index contributed by atoms with van der Waals surface area (Å²) in [5, 5.41) is 0. The first-order valence-corrected chi connectivity index (χ1v) is 8.96. The molecule has 7 heteroatoms. The number of hydrogen-bond donors (Lipinski definition) is 0.